The van der Waals surface area contributed by atoms with Crippen molar-refractivity contribution in [3.8, 4) is 11.8 Å². The molecule has 1 aromatic rings. The molecule has 1 aliphatic heterocycles. The van der Waals surface area contributed by atoms with Gasteiger partial charge in [-0.25, -0.2) is 0 Å². The van der Waals surface area contributed by atoms with E-state index in [9.17, 15) is 4.79 Å². The van der Waals surface area contributed by atoms with Crippen molar-refractivity contribution in [2.75, 3.05) is 33.3 Å². The number of carbonyl (C=O) groups is 1. The van der Waals surface area contributed by atoms with Gasteiger partial charge in [0.15, 0.2) is 0 Å². The van der Waals surface area contributed by atoms with Gasteiger partial charge in [0.25, 0.3) is 5.91 Å². The van der Waals surface area contributed by atoms with E-state index in [1.807, 2.05) is 0 Å². The number of aromatic nitrogens is 1. The van der Waals surface area contributed by atoms with Crippen LogP contribution in [0.5, 0.6) is 0 Å². The highest BCUT2D eigenvalue weighted by molar-refractivity contribution is 5.94. The van der Waals surface area contributed by atoms with Gasteiger partial charge in [-0.1, -0.05) is 11.8 Å². The van der Waals surface area contributed by atoms with Gasteiger partial charge in [-0.15, -0.1) is 0 Å². The Morgan fingerprint density at radius 1 is 1.60 bits per heavy atom. The molecule has 1 atom stereocenters. The minimum Gasteiger partial charge on any atom is -0.384 e. The lowest BCUT2D eigenvalue weighted by atomic mass is 10.1. The summed E-state index contributed by atoms with van der Waals surface area (Å²) in [7, 11) is 2.09. The average Bonchev–Trinajstić information content (AvgIpc) is 2.88. The highest BCUT2D eigenvalue weighted by atomic mass is 16.2. The van der Waals surface area contributed by atoms with E-state index in [2.05, 4.69) is 34.1 Å². The van der Waals surface area contributed by atoms with Crippen molar-refractivity contribution in [3.05, 3.63) is 29.6 Å². The molecule has 106 valence electrons. The molecule has 2 heterocycles. The van der Waals surface area contributed by atoms with Gasteiger partial charge in [-0.05, 0) is 32.0 Å². The topological polar surface area (TPSA) is 65.5 Å². The van der Waals surface area contributed by atoms with Crippen LogP contribution < -0.4 is 5.32 Å². The number of hydrogen-bond donors (Lipinski definition) is 2. The predicted molar refractivity (Wildman–Crippen MR) is 76.1 cm³/mol. The van der Waals surface area contributed by atoms with Crippen molar-refractivity contribution in [1.82, 2.24) is 15.2 Å². The van der Waals surface area contributed by atoms with Gasteiger partial charge in [-0.3, -0.25) is 9.78 Å². The van der Waals surface area contributed by atoms with E-state index in [1.54, 1.807) is 12.3 Å². The average molecular weight is 273 g/mol. The van der Waals surface area contributed by atoms with Crippen LogP contribution in [0.25, 0.3) is 0 Å². The monoisotopic (exact) mass is 273 g/mol. The van der Waals surface area contributed by atoms with Crippen molar-refractivity contribution in [1.29, 1.82) is 0 Å². The maximum Gasteiger partial charge on any atom is 0.252 e. The molecular formula is C15H19N3O2. The summed E-state index contributed by atoms with van der Waals surface area (Å²) in [6.07, 6.45) is 4.22. The number of hydrogen-bond acceptors (Lipinski definition) is 4. The fourth-order valence-corrected chi connectivity index (χ4v) is 2.31. The Balaban J connectivity index is 1.92. The minimum absolute atomic E-state index is 0.125. The third-order valence-electron chi connectivity index (χ3n) is 3.35. The van der Waals surface area contributed by atoms with E-state index in [4.69, 9.17) is 5.11 Å². The Kier molecular flexibility index (Phi) is 5.10. The van der Waals surface area contributed by atoms with Crippen LogP contribution in [0, 0.1) is 17.8 Å². The zero-order valence-electron chi connectivity index (χ0n) is 11.6. The standard InChI is InChI=1S/C15H19N3O2/c1-18-5-4-13(11-18)9-17-15(20)14-7-12(3-2-6-19)8-16-10-14/h7-8,10,13,19H,4-6,9,11H2,1H3,(H,17,20). The first-order valence-corrected chi connectivity index (χ1v) is 6.70. The maximum absolute atomic E-state index is 12.0. The Labute approximate surface area is 119 Å². The minimum atomic E-state index is -0.203. The summed E-state index contributed by atoms with van der Waals surface area (Å²) in [6.45, 7) is 2.61. The molecule has 0 aliphatic carbocycles. The molecule has 0 spiro atoms. The Hall–Kier alpha value is -1.90. The van der Waals surface area contributed by atoms with Gasteiger partial charge in [0.05, 0.1) is 5.56 Å². The number of rotatable bonds is 3. The summed E-state index contributed by atoms with van der Waals surface area (Å²) in [5.41, 5.74) is 1.13. The first-order valence-electron chi connectivity index (χ1n) is 6.70. The van der Waals surface area contributed by atoms with Gasteiger partial charge < -0.3 is 15.3 Å². The number of aliphatic hydroxyl groups is 1. The Bertz CT molecular complexity index is 533. The third-order valence-corrected chi connectivity index (χ3v) is 3.35. The summed E-state index contributed by atoms with van der Waals surface area (Å²) >= 11 is 0. The molecule has 1 saturated heterocycles. The van der Waals surface area contributed by atoms with Gasteiger partial charge in [-0.2, -0.15) is 0 Å². The van der Waals surface area contributed by atoms with E-state index in [0.717, 1.165) is 19.5 Å². The lowest BCUT2D eigenvalue weighted by Crippen LogP contribution is -2.30. The zero-order valence-corrected chi connectivity index (χ0v) is 11.6. The zero-order chi connectivity index (χ0) is 14.4. The first kappa shape index (κ1) is 14.5. The summed E-state index contributed by atoms with van der Waals surface area (Å²) in [5, 5.41) is 11.6. The van der Waals surface area contributed by atoms with Crippen molar-refractivity contribution in [2.24, 2.45) is 5.92 Å². The van der Waals surface area contributed by atoms with E-state index < -0.39 is 0 Å². The molecule has 0 saturated carbocycles. The number of aliphatic hydroxyl groups excluding tert-OH is 1. The molecule has 0 bridgehead atoms. The van der Waals surface area contributed by atoms with Crippen molar-refractivity contribution in [3.63, 3.8) is 0 Å². The van der Waals surface area contributed by atoms with E-state index in [1.165, 1.54) is 6.20 Å². The van der Waals surface area contributed by atoms with E-state index in [0.29, 0.717) is 23.6 Å². The lowest BCUT2D eigenvalue weighted by molar-refractivity contribution is 0.0947. The van der Waals surface area contributed by atoms with Crippen LogP contribution in [0.2, 0.25) is 0 Å². The number of nitrogens with one attached hydrogen (secondary N) is 1. The van der Waals surface area contributed by atoms with Gasteiger partial charge in [0.1, 0.15) is 6.61 Å². The van der Waals surface area contributed by atoms with Gasteiger partial charge >= 0.3 is 0 Å². The van der Waals surface area contributed by atoms with Crippen molar-refractivity contribution in [2.45, 2.75) is 6.42 Å². The number of nitrogens with zero attached hydrogens (tertiary/aromatic N) is 2. The van der Waals surface area contributed by atoms with Crippen LogP contribution in [0.1, 0.15) is 22.3 Å². The summed E-state index contributed by atoms with van der Waals surface area (Å²) in [4.78, 5) is 18.3. The summed E-state index contributed by atoms with van der Waals surface area (Å²) in [5.74, 6) is 5.68. The van der Waals surface area contributed by atoms with Gasteiger partial charge in [0, 0.05) is 31.0 Å². The van der Waals surface area contributed by atoms with E-state index in [-0.39, 0.29) is 12.5 Å². The molecule has 20 heavy (non-hydrogen) atoms. The molecule has 2 rings (SSSR count). The lowest BCUT2D eigenvalue weighted by Gasteiger charge is -2.11. The fourth-order valence-electron chi connectivity index (χ4n) is 2.31. The maximum atomic E-state index is 12.0. The molecule has 0 aromatic carbocycles. The number of amides is 1. The molecule has 5 nitrogen and oxygen atoms in total. The smallest absolute Gasteiger partial charge is 0.252 e. The molecule has 1 aromatic heterocycles. The molecule has 1 aliphatic rings. The van der Waals surface area contributed by atoms with Crippen LogP contribution in [0.15, 0.2) is 18.5 Å². The number of carbonyl (C=O) groups excluding carboxylic acids is 1. The third kappa shape index (κ3) is 4.05. The van der Waals surface area contributed by atoms with E-state index >= 15 is 0 Å². The Morgan fingerprint density at radius 2 is 2.45 bits per heavy atom. The molecule has 1 amide bonds. The quantitative estimate of drug-likeness (QED) is 0.767. The first-order chi connectivity index (χ1) is 9.69. The predicted octanol–water partition coefficient (Wildman–Crippen LogP) is 0.107. The fraction of sp³-hybridized carbons (Fsp3) is 0.467. The van der Waals surface area contributed by atoms with Crippen LogP contribution in [0.4, 0.5) is 0 Å². The van der Waals surface area contributed by atoms with Gasteiger partial charge in [0.2, 0.25) is 0 Å². The van der Waals surface area contributed by atoms with Crippen LogP contribution in [0.3, 0.4) is 0 Å². The van der Waals surface area contributed by atoms with Crippen molar-refractivity contribution >= 4 is 5.91 Å². The van der Waals surface area contributed by atoms with Crippen LogP contribution in [-0.4, -0.2) is 54.2 Å². The molecule has 5 heteroatoms. The number of pyridine rings is 1. The molecule has 1 fully saturated rings. The highest BCUT2D eigenvalue weighted by Crippen LogP contribution is 2.13. The van der Waals surface area contributed by atoms with Crippen LogP contribution >= 0.6 is 0 Å². The second kappa shape index (κ2) is 7.04. The Morgan fingerprint density at radius 3 is 3.15 bits per heavy atom. The number of likely N-dealkylation sites (tertiary alicyclic amines) is 1. The SMILES string of the molecule is CN1CCC(CNC(=O)c2cncc(C#CCO)c2)C1. The molecule has 2 N–H and O–H groups in total. The molecule has 0 radical (unpaired) electrons. The molecule has 1 unspecified atom stereocenters. The second-order valence-electron chi connectivity index (χ2n) is 5.05. The molecular weight excluding hydrogens is 254 g/mol. The summed E-state index contributed by atoms with van der Waals surface area (Å²) < 4.78 is 0. The largest absolute Gasteiger partial charge is 0.384 e. The second-order valence-corrected chi connectivity index (χ2v) is 5.05. The highest BCUT2D eigenvalue weighted by Gasteiger charge is 2.20. The van der Waals surface area contributed by atoms with Crippen LogP contribution in [-0.2, 0) is 0 Å². The summed E-state index contributed by atoms with van der Waals surface area (Å²) in [6, 6.07) is 1.69. The normalized spacial score (nSPS) is 18.4. The van der Waals surface area contributed by atoms with Crippen molar-refractivity contribution < 1.29 is 9.90 Å².